The summed E-state index contributed by atoms with van der Waals surface area (Å²) in [4.78, 5) is 0. The van der Waals surface area contributed by atoms with Gasteiger partial charge in [0.25, 0.3) is 0 Å². The lowest BCUT2D eigenvalue weighted by Gasteiger charge is -2.35. The Morgan fingerprint density at radius 3 is 0.759 bits per heavy atom. The molecule has 0 fully saturated rings. The van der Waals surface area contributed by atoms with Gasteiger partial charge in [-0.2, -0.15) is 0 Å². The van der Waals surface area contributed by atoms with Crippen LogP contribution in [0.4, 0.5) is 0 Å². The Balaban J connectivity index is 0.456. The molecule has 0 radical (unpaired) electrons. The predicted molar refractivity (Wildman–Crippen MR) is 582 cm³/mol. The Morgan fingerprint density at radius 1 is 0.163 bits per heavy atom. The smallest absolute Gasteiger partial charge is 0.127 e. The molecular formula is C135H86O6. The monoisotopic (exact) mass is 1800 g/mol. The van der Waals surface area contributed by atoms with E-state index in [1.807, 2.05) is 36.4 Å². The van der Waals surface area contributed by atoms with Crippen LogP contribution in [-0.2, 0) is 16.2 Å². The van der Waals surface area contributed by atoms with Crippen LogP contribution in [0, 0.1) is 0 Å². The molecule has 0 spiro atoms. The van der Waals surface area contributed by atoms with Gasteiger partial charge in [0, 0.05) is 0 Å². The SMILES string of the molecule is C=COc1ccc2cc(C3(c4ccc5cc(O/C=C/C=C/Oc6ccc7cc(C8(c9ccc%10cc(O/C=C/C=C/Oc%11ccc%12cc(C%13(c%14ccc%15cc(OC=C)ccc%15c%14)c%14ccc%15ccccc%15c%14-c%14ccc%15ccccc%15c%14%13)ccc%12c%11)ccc%10c9)c9cc%10ccccc%10cc9-c9ccc%10ccccc%10c98)ccc7c6)ccc5c4)c4cc5ccccc5cc4-c4c3ccc3ccccc43)ccc2c1. The van der Waals surface area contributed by atoms with Gasteiger partial charge in [-0.05, 0) is 387 Å². The molecule has 27 rings (SSSR count). The Hall–Kier alpha value is -18.4. The fourth-order valence-corrected chi connectivity index (χ4v) is 23.8. The van der Waals surface area contributed by atoms with Gasteiger partial charge in [0.15, 0.2) is 0 Å². The summed E-state index contributed by atoms with van der Waals surface area (Å²) < 4.78 is 37.0. The van der Waals surface area contributed by atoms with E-state index in [4.69, 9.17) is 28.4 Å². The average molecular weight is 1800 g/mol. The molecule has 0 N–H and O–H groups in total. The third-order valence-corrected chi connectivity index (χ3v) is 29.9. The van der Waals surface area contributed by atoms with E-state index < -0.39 is 16.2 Å². The molecule has 141 heavy (non-hydrogen) atoms. The molecule has 3 aliphatic carbocycles. The van der Waals surface area contributed by atoms with Crippen molar-refractivity contribution in [1.82, 2.24) is 0 Å². The van der Waals surface area contributed by atoms with Crippen molar-refractivity contribution in [3.63, 3.8) is 0 Å². The van der Waals surface area contributed by atoms with Crippen LogP contribution in [0.15, 0.2) is 512 Å². The molecule has 3 atom stereocenters. The maximum absolute atomic E-state index is 6.40. The molecule has 0 aliphatic heterocycles. The fourth-order valence-electron chi connectivity index (χ4n) is 23.8. The maximum Gasteiger partial charge on any atom is 0.127 e. The van der Waals surface area contributed by atoms with E-state index >= 15 is 0 Å². The van der Waals surface area contributed by atoms with Crippen LogP contribution in [0.1, 0.15) is 66.8 Å². The molecule has 662 valence electrons. The number of hydrogen-bond acceptors (Lipinski definition) is 6. The minimum Gasteiger partial charge on any atom is -0.466 e. The van der Waals surface area contributed by atoms with Gasteiger partial charge in [0.2, 0.25) is 0 Å². The summed E-state index contributed by atoms with van der Waals surface area (Å²) in [5.41, 5.74) is 20.0. The van der Waals surface area contributed by atoms with Gasteiger partial charge in [-0.25, -0.2) is 0 Å². The largest absolute Gasteiger partial charge is 0.466 e. The number of allylic oxidation sites excluding steroid dienone is 4. The molecule has 0 saturated carbocycles. The summed E-state index contributed by atoms with van der Waals surface area (Å²) in [6.45, 7) is 7.63. The van der Waals surface area contributed by atoms with Crippen molar-refractivity contribution in [2.24, 2.45) is 0 Å². The van der Waals surface area contributed by atoms with Gasteiger partial charge in [-0.15, -0.1) is 0 Å². The van der Waals surface area contributed by atoms with Crippen LogP contribution < -0.4 is 28.4 Å². The standard InChI is InChI=1S/C135H86O6/c1-3-136-111-55-39-93-69-105(49-33-99(93)75-111)133(125-63-47-86-22-10-14-30-118(86)130(125)124-82-90-26-6-8-28-92(90)84-128(124)133)106-50-34-101-77-113(57-41-94(101)70-106)138-65-17-18-67-140-115-59-43-97-73-109(53-37-103(97)79-115)135(127-83-91-27-7-5-25-89(91)81-123(127)121-61-45-87-23-11-15-31-119(87)131(121)135)110-54-38-104-80-116(60-44-98(104)74-110)141-68-20-19-66-139-114-58-42-96-72-108(52-36-102(96)78-114)134(107-51-35-100-76-112(137-4-2)56-40-95(100)71-107)126-64-48-85-21-9-13-29-117(85)129(126)122-62-46-88-24-12-16-32-120(88)132(122)134/h3-84H,1-2H2/b65-17+,66-19+,67-18+,68-20+. The quantitative estimate of drug-likeness (QED) is 0.0560. The van der Waals surface area contributed by atoms with E-state index in [0.29, 0.717) is 0 Å². The maximum atomic E-state index is 6.40. The highest BCUT2D eigenvalue weighted by Gasteiger charge is 2.51. The molecule has 0 amide bonds. The molecule has 0 saturated heterocycles. The average Bonchev–Trinajstić information content (AvgIpc) is 1.53. The molecular weight excluding hydrogens is 1720 g/mol. The Bertz CT molecular complexity index is 9550. The molecule has 0 aromatic heterocycles. The van der Waals surface area contributed by atoms with E-state index in [0.717, 1.165) is 99.1 Å². The highest BCUT2D eigenvalue weighted by molar-refractivity contribution is 6.12. The highest BCUT2D eigenvalue weighted by atomic mass is 16.5. The van der Waals surface area contributed by atoms with Crippen LogP contribution in [-0.4, -0.2) is 0 Å². The lowest BCUT2D eigenvalue weighted by Crippen LogP contribution is -2.29. The second kappa shape index (κ2) is 33.0. The molecule has 24 aromatic carbocycles. The summed E-state index contributed by atoms with van der Waals surface area (Å²) in [6.07, 6.45) is 17.2. The first kappa shape index (κ1) is 82.1. The minimum atomic E-state index is -0.748. The van der Waals surface area contributed by atoms with Gasteiger partial charge in [-0.1, -0.05) is 316 Å². The highest BCUT2D eigenvalue weighted by Crippen LogP contribution is 2.64. The van der Waals surface area contributed by atoms with E-state index in [-0.39, 0.29) is 0 Å². The Morgan fingerprint density at radius 2 is 0.397 bits per heavy atom. The second-order valence-electron chi connectivity index (χ2n) is 37.3. The van der Waals surface area contributed by atoms with E-state index in [1.165, 1.54) is 177 Å². The lowest BCUT2D eigenvalue weighted by molar-refractivity contribution is 0.476. The molecule has 6 nitrogen and oxygen atoms in total. The number of rotatable bonds is 20. The summed E-state index contributed by atoms with van der Waals surface area (Å²) in [5, 5.41) is 27.6. The first-order valence-electron chi connectivity index (χ1n) is 48.0. The first-order valence-corrected chi connectivity index (χ1v) is 48.0. The number of fused-ring (bicyclic) bond motifs is 25. The van der Waals surface area contributed by atoms with Gasteiger partial charge >= 0.3 is 0 Å². The third-order valence-electron chi connectivity index (χ3n) is 29.9. The first-order chi connectivity index (χ1) is 69.7. The number of hydrogen-bond donors (Lipinski definition) is 0. The molecule has 6 heteroatoms. The zero-order valence-corrected chi connectivity index (χ0v) is 76.7. The normalized spacial score (nSPS) is 15.7. The number of ether oxygens (including phenoxy) is 6. The van der Waals surface area contributed by atoms with E-state index in [1.54, 1.807) is 25.0 Å². The second-order valence-corrected chi connectivity index (χ2v) is 37.3. The van der Waals surface area contributed by atoms with Crippen LogP contribution >= 0.6 is 0 Å². The lowest BCUT2D eigenvalue weighted by atomic mass is 9.66. The van der Waals surface area contributed by atoms with Crippen molar-refractivity contribution in [1.29, 1.82) is 0 Å². The van der Waals surface area contributed by atoms with Crippen LogP contribution in [0.2, 0.25) is 0 Å². The zero-order valence-electron chi connectivity index (χ0n) is 76.7. The summed E-state index contributed by atoms with van der Waals surface area (Å²) in [5.74, 6) is 4.40. The van der Waals surface area contributed by atoms with E-state index in [2.05, 4.69) is 438 Å². The van der Waals surface area contributed by atoms with Crippen molar-refractivity contribution < 1.29 is 28.4 Å². The third kappa shape index (κ3) is 13.2. The molecule has 0 heterocycles. The summed E-state index contributed by atoms with van der Waals surface area (Å²) in [7, 11) is 0. The van der Waals surface area contributed by atoms with Crippen molar-refractivity contribution in [2.45, 2.75) is 16.2 Å². The van der Waals surface area contributed by atoms with E-state index in [9.17, 15) is 0 Å². The van der Waals surface area contributed by atoms with Crippen LogP contribution in [0.25, 0.3) is 163 Å². The number of benzene rings is 24. The Kier molecular flexibility index (Phi) is 19.2. The molecule has 3 aliphatic rings. The van der Waals surface area contributed by atoms with Gasteiger partial charge in [0.05, 0.1) is 53.8 Å². The predicted octanol–water partition coefficient (Wildman–Crippen LogP) is 34.6. The molecule has 24 aromatic rings. The minimum absolute atomic E-state index is 0.673. The van der Waals surface area contributed by atoms with Crippen molar-refractivity contribution in [2.75, 3.05) is 0 Å². The molecule has 0 bridgehead atoms. The van der Waals surface area contributed by atoms with Gasteiger partial charge in [0.1, 0.15) is 34.5 Å². The van der Waals surface area contributed by atoms with Crippen LogP contribution in [0.5, 0.6) is 34.5 Å². The van der Waals surface area contributed by atoms with Crippen LogP contribution in [0.3, 0.4) is 0 Å². The Labute approximate surface area is 814 Å². The molecule has 3 unspecified atom stereocenters. The van der Waals surface area contributed by atoms with Crippen molar-refractivity contribution in [3.8, 4) is 67.9 Å². The topological polar surface area (TPSA) is 55.4 Å². The van der Waals surface area contributed by atoms with Crippen molar-refractivity contribution >= 4 is 129 Å². The van der Waals surface area contributed by atoms with Crippen molar-refractivity contribution in [3.05, 3.63) is 579 Å². The zero-order chi connectivity index (χ0) is 93.4. The summed E-state index contributed by atoms with van der Waals surface area (Å²) in [6, 6.07) is 161. The summed E-state index contributed by atoms with van der Waals surface area (Å²) >= 11 is 0. The van der Waals surface area contributed by atoms with Gasteiger partial charge < -0.3 is 28.4 Å². The van der Waals surface area contributed by atoms with Gasteiger partial charge in [-0.3, -0.25) is 0 Å². The fraction of sp³-hybridized carbons (Fsp3) is 0.0222.